The van der Waals surface area contributed by atoms with E-state index in [2.05, 4.69) is 9.71 Å². The minimum Gasteiger partial charge on any atom is -0.477 e. The fraction of sp³-hybridized carbons (Fsp3) is 0.615. The second-order valence-electron chi connectivity index (χ2n) is 5.68. The molecule has 0 amide bonds. The van der Waals surface area contributed by atoms with Crippen molar-refractivity contribution in [2.45, 2.75) is 38.0 Å². The Labute approximate surface area is 123 Å². The minimum atomic E-state index is -3.77. The lowest BCUT2D eigenvalue weighted by Gasteiger charge is -2.15. The Bertz CT molecular complexity index is 658. The van der Waals surface area contributed by atoms with E-state index in [1.54, 1.807) is 0 Å². The standard InChI is InChI=1S/C13H20N2O5S/c1-8-10(12(17)18)15-9(2)11(8)21(19,20)14-7-13(3-4-13)5-6-16/h14-16H,3-7H2,1-2H3,(H,17,18). The normalized spacial score (nSPS) is 16.9. The number of aryl methyl sites for hydroxylation is 1. The lowest BCUT2D eigenvalue weighted by molar-refractivity contribution is 0.0690. The SMILES string of the molecule is Cc1[nH]c(C(=O)O)c(C)c1S(=O)(=O)NCC1(CCO)CC1. The van der Waals surface area contributed by atoms with E-state index >= 15 is 0 Å². The predicted octanol–water partition coefficient (Wildman–Crippen LogP) is 0.771. The van der Waals surface area contributed by atoms with Crippen LogP contribution in [0.4, 0.5) is 0 Å². The van der Waals surface area contributed by atoms with Gasteiger partial charge in [-0.1, -0.05) is 0 Å². The molecule has 118 valence electrons. The summed E-state index contributed by atoms with van der Waals surface area (Å²) < 4.78 is 27.3. The number of carboxylic acid groups (broad SMARTS) is 1. The van der Waals surface area contributed by atoms with Crippen molar-refractivity contribution in [3.05, 3.63) is 17.0 Å². The molecule has 2 rings (SSSR count). The van der Waals surface area contributed by atoms with Crippen LogP contribution in [0.5, 0.6) is 0 Å². The van der Waals surface area contributed by atoms with Crippen LogP contribution >= 0.6 is 0 Å². The third-order valence-electron chi connectivity index (χ3n) is 4.09. The second kappa shape index (κ2) is 5.43. The molecule has 21 heavy (non-hydrogen) atoms. The highest BCUT2D eigenvalue weighted by Gasteiger charge is 2.42. The summed E-state index contributed by atoms with van der Waals surface area (Å²) in [7, 11) is -3.77. The van der Waals surface area contributed by atoms with Crippen molar-refractivity contribution in [2.24, 2.45) is 5.41 Å². The number of aromatic carboxylic acids is 1. The van der Waals surface area contributed by atoms with Crippen molar-refractivity contribution in [3.8, 4) is 0 Å². The number of rotatable bonds is 7. The van der Waals surface area contributed by atoms with Crippen molar-refractivity contribution < 1.29 is 23.4 Å². The van der Waals surface area contributed by atoms with Gasteiger partial charge in [0, 0.05) is 24.4 Å². The van der Waals surface area contributed by atoms with Crippen LogP contribution in [-0.2, 0) is 10.0 Å². The summed E-state index contributed by atoms with van der Waals surface area (Å²) in [6.45, 7) is 3.31. The van der Waals surface area contributed by atoms with Crippen molar-refractivity contribution in [1.82, 2.24) is 9.71 Å². The number of carboxylic acids is 1. The van der Waals surface area contributed by atoms with E-state index in [0.717, 1.165) is 12.8 Å². The number of hydrogen-bond donors (Lipinski definition) is 4. The number of nitrogens with one attached hydrogen (secondary N) is 2. The molecule has 0 saturated heterocycles. The zero-order chi connectivity index (χ0) is 15.8. The van der Waals surface area contributed by atoms with Gasteiger partial charge < -0.3 is 15.2 Å². The molecule has 1 aromatic rings. The number of H-pyrrole nitrogens is 1. The van der Waals surface area contributed by atoms with Crippen molar-refractivity contribution >= 4 is 16.0 Å². The van der Waals surface area contributed by atoms with Gasteiger partial charge in [0.25, 0.3) is 0 Å². The zero-order valence-corrected chi connectivity index (χ0v) is 12.9. The van der Waals surface area contributed by atoms with E-state index in [9.17, 15) is 13.2 Å². The largest absolute Gasteiger partial charge is 0.477 e. The molecule has 0 aliphatic heterocycles. The van der Waals surface area contributed by atoms with Gasteiger partial charge in [-0.2, -0.15) is 0 Å². The van der Waals surface area contributed by atoms with Gasteiger partial charge in [0.2, 0.25) is 10.0 Å². The van der Waals surface area contributed by atoms with Crippen LogP contribution in [0.1, 0.15) is 41.0 Å². The zero-order valence-electron chi connectivity index (χ0n) is 12.1. The summed E-state index contributed by atoms with van der Waals surface area (Å²) in [6.07, 6.45) is 2.35. The number of carbonyl (C=O) groups is 1. The summed E-state index contributed by atoms with van der Waals surface area (Å²) >= 11 is 0. The van der Waals surface area contributed by atoms with Crippen LogP contribution in [0.15, 0.2) is 4.90 Å². The number of aromatic amines is 1. The lowest BCUT2D eigenvalue weighted by atomic mass is 10.0. The van der Waals surface area contributed by atoms with E-state index < -0.39 is 16.0 Å². The highest BCUT2D eigenvalue weighted by Crippen LogP contribution is 2.48. The Kier molecular flexibility index (Phi) is 4.14. The Morgan fingerprint density at radius 1 is 1.38 bits per heavy atom. The average molecular weight is 316 g/mol. The molecule has 1 heterocycles. The van der Waals surface area contributed by atoms with Gasteiger partial charge >= 0.3 is 5.97 Å². The van der Waals surface area contributed by atoms with E-state index in [4.69, 9.17) is 10.2 Å². The van der Waals surface area contributed by atoms with Crippen molar-refractivity contribution in [2.75, 3.05) is 13.2 Å². The molecule has 8 heteroatoms. The van der Waals surface area contributed by atoms with Crippen molar-refractivity contribution in [3.63, 3.8) is 0 Å². The molecule has 7 nitrogen and oxygen atoms in total. The maximum atomic E-state index is 12.4. The van der Waals surface area contributed by atoms with E-state index in [0.29, 0.717) is 12.1 Å². The van der Waals surface area contributed by atoms with E-state index in [1.807, 2.05) is 0 Å². The number of aromatic nitrogens is 1. The van der Waals surface area contributed by atoms with E-state index in [1.165, 1.54) is 13.8 Å². The first kappa shape index (κ1) is 16.0. The van der Waals surface area contributed by atoms with Gasteiger partial charge in [0.05, 0.1) is 0 Å². The predicted molar refractivity (Wildman–Crippen MR) is 75.8 cm³/mol. The van der Waals surface area contributed by atoms with Gasteiger partial charge in [-0.15, -0.1) is 0 Å². The molecular weight excluding hydrogens is 296 g/mol. The molecule has 1 aliphatic rings. The van der Waals surface area contributed by atoms with Crippen LogP contribution < -0.4 is 4.72 Å². The molecule has 0 bridgehead atoms. The first-order chi connectivity index (χ1) is 9.72. The third-order valence-corrected chi connectivity index (χ3v) is 5.76. The van der Waals surface area contributed by atoms with Gasteiger partial charge in [0.1, 0.15) is 10.6 Å². The maximum Gasteiger partial charge on any atom is 0.352 e. The van der Waals surface area contributed by atoms with Crippen LogP contribution in [0.3, 0.4) is 0 Å². The van der Waals surface area contributed by atoms with Gasteiger partial charge in [0.15, 0.2) is 0 Å². The van der Waals surface area contributed by atoms with Crippen molar-refractivity contribution in [1.29, 1.82) is 0 Å². The molecule has 0 unspecified atom stereocenters. The topological polar surface area (TPSA) is 119 Å². The lowest BCUT2D eigenvalue weighted by Crippen LogP contribution is -2.31. The Morgan fingerprint density at radius 3 is 2.43 bits per heavy atom. The fourth-order valence-corrected chi connectivity index (χ4v) is 4.20. The first-order valence-corrected chi connectivity index (χ1v) is 8.24. The Balaban J connectivity index is 2.22. The number of aliphatic hydroxyl groups is 1. The Hall–Kier alpha value is -1.38. The van der Waals surface area contributed by atoms with E-state index in [-0.39, 0.29) is 34.7 Å². The molecule has 0 spiro atoms. The van der Waals surface area contributed by atoms with Gasteiger partial charge in [-0.25, -0.2) is 17.9 Å². The molecule has 0 atom stereocenters. The van der Waals surface area contributed by atoms with Gasteiger partial charge in [-0.05, 0) is 38.5 Å². The highest BCUT2D eigenvalue weighted by atomic mass is 32.2. The summed E-state index contributed by atoms with van der Waals surface area (Å²) in [5.41, 5.74) is 0.267. The molecule has 0 aromatic carbocycles. The summed E-state index contributed by atoms with van der Waals surface area (Å²) in [4.78, 5) is 13.6. The number of sulfonamides is 1. The minimum absolute atomic E-state index is 0.000279. The Morgan fingerprint density at radius 2 is 2.00 bits per heavy atom. The van der Waals surface area contributed by atoms with Crippen LogP contribution in [0.2, 0.25) is 0 Å². The molecule has 1 aromatic heterocycles. The molecule has 1 fully saturated rings. The molecule has 4 N–H and O–H groups in total. The smallest absolute Gasteiger partial charge is 0.352 e. The highest BCUT2D eigenvalue weighted by molar-refractivity contribution is 7.89. The quantitative estimate of drug-likeness (QED) is 0.592. The molecular formula is C13H20N2O5S. The van der Waals surface area contributed by atoms with Crippen LogP contribution in [0, 0.1) is 19.3 Å². The molecule has 1 aliphatic carbocycles. The monoisotopic (exact) mass is 316 g/mol. The molecule has 0 radical (unpaired) electrons. The maximum absolute atomic E-state index is 12.4. The number of hydrogen-bond acceptors (Lipinski definition) is 4. The van der Waals surface area contributed by atoms with Crippen LogP contribution in [0.25, 0.3) is 0 Å². The summed E-state index contributed by atoms with van der Waals surface area (Å²) in [5.74, 6) is -1.18. The second-order valence-corrected chi connectivity index (χ2v) is 7.39. The summed E-state index contributed by atoms with van der Waals surface area (Å²) in [6, 6.07) is 0. The number of aliphatic hydroxyl groups excluding tert-OH is 1. The van der Waals surface area contributed by atoms with Crippen LogP contribution in [-0.4, -0.2) is 42.7 Å². The van der Waals surface area contributed by atoms with Gasteiger partial charge in [-0.3, -0.25) is 0 Å². The third kappa shape index (κ3) is 3.12. The fourth-order valence-electron chi connectivity index (χ4n) is 2.60. The average Bonchev–Trinajstić information content (AvgIpc) is 3.07. The summed E-state index contributed by atoms with van der Waals surface area (Å²) in [5, 5.41) is 18.0. The first-order valence-electron chi connectivity index (χ1n) is 6.75. The molecule has 1 saturated carbocycles.